The lowest BCUT2D eigenvalue weighted by Gasteiger charge is -2.09. The SMILES string of the molecule is CCN1Cc2cc3c(cc2C1)CNC3. The van der Waals surface area contributed by atoms with Crippen molar-refractivity contribution < 1.29 is 0 Å². The molecule has 0 spiro atoms. The van der Waals surface area contributed by atoms with Crippen LogP contribution in [0.15, 0.2) is 12.1 Å². The van der Waals surface area contributed by atoms with Gasteiger partial charge in [0.05, 0.1) is 0 Å². The van der Waals surface area contributed by atoms with Crippen molar-refractivity contribution in [3.05, 3.63) is 34.4 Å². The van der Waals surface area contributed by atoms with Crippen LogP contribution in [0.2, 0.25) is 0 Å². The van der Waals surface area contributed by atoms with E-state index in [2.05, 4.69) is 29.3 Å². The van der Waals surface area contributed by atoms with Crippen molar-refractivity contribution in [3.8, 4) is 0 Å². The first-order chi connectivity index (χ1) is 6.86. The van der Waals surface area contributed by atoms with Gasteiger partial charge in [0.2, 0.25) is 0 Å². The highest BCUT2D eigenvalue weighted by Crippen LogP contribution is 2.27. The summed E-state index contributed by atoms with van der Waals surface area (Å²) in [5.41, 5.74) is 6.13. The average Bonchev–Trinajstić information content (AvgIpc) is 2.77. The molecule has 0 fully saturated rings. The third-order valence-electron chi connectivity index (χ3n) is 3.39. The van der Waals surface area contributed by atoms with E-state index in [0.717, 1.165) is 32.7 Å². The Balaban J connectivity index is 2.00. The molecule has 2 nitrogen and oxygen atoms in total. The first-order valence-corrected chi connectivity index (χ1v) is 5.43. The number of rotatable bonds is 1. The van der Waals surface area contributed by atoms with Crippen LogP contribution in [0.5, 0.6) is 0 Å². The van der Waals surface area contributed by atoms with Crippen LogP contribution >= 0.6 is 0 Å². The second-order valence-corrected chi connectivity index (χ2v) is 4.30. The number of benzene rings is 1. The number of nitrogens with zero attached hydrogens (tertiary/aromatic N) is 1. The fourth-order valence-corrected chi connectivity index (χ4v) is 2.51. The van der Waals surface area contributed by atoms with Crippen LogP contribution in [-0.4, -0.2) is 11.4 Å². The van der Waals surface area contributed by atoms with Gasteiger partial charge in [0, 0.05) is 26.2 Å². The third kappa shape index (κ3) is 1.18. The Bertz CT molecular complexity index is 338. The topological polar surface area (TPSA) is 15.3 Å². The van der Waals surface area contributed by atoms with Crippen LogP contribution in [0.25, 0.3) is 0 Å². The standard InChI is InChI=1S/C12H16N2/c1-2-14-7-11-3-9-5-13-6-10(9)4-12(11)8-14/h3-4,13H,2,5-8H2,1H3. The molecule has 0 aliphatic carbocycles. The van der Waals surface area contributed by atoms with Crippen molar-refractivity contribution in [2.45, 2.75) is 33.1 Å². The molecule has 0 saturated heterocycles. The molecule has 0 saturated carbocycles. The summed E-state index contributed by atoms with van der Waals surface area (Å²) in [5, 5.41) is 3.40. The van der Waals surface area contributed by atoms with E-state index in [1.54, 1.807) is 11.1 Å². The van der Waals surface area contributed by atoms with E-state index in [4.69, 9.17) is 0 Å². The van der Waals surface area contributed by atoms with Gasteiger partial charge in [0.25, 0.3) is 0 Å². The van der Waals surface area contributed by atoms with E-state index in [9.17, 15) is 0 Å². The first-order valence-electron chi connectivity index (χ1n) is 5.43. The maximum atomic E-state index is 3.40. The summed E-state index contributed by atoms with van der Waals surface area (Å²) in [6, 6.07) is 4.81. The Hall–Kier alpha value is -0.860. The molecule has 74 valence electrons. The smallest absolute Gasteiger partial charge is 0.0240 e. The highest BCUT2D eigenvalue weighted by molar-refractivity contribution is 5.42. The van der Waals surface area contributed by atoms with Gasteiger partial charge in [0.1, 0.15) is 0 Å². The largest absolute Gasteiger partial charge is 0.309 e. The van der Waals surface area contributed by atoms with E-state index >= 15 is 0 Å². The minimum Gasteiger partial charge on any atom is -0.309 e. The molecule has 1 aromatic carbocycles. The summed E-state index contributed by atoms with van der Waals surface area (Å²) in [6.07, 6.45) is 0. The van der Waals surface area contributed by atoms with Gasteiger partial charge in [-0.15, -0.1) is 0 Å². The molecule has 0 radical (unpaired) electrons. The van der Waals surface area contributed by atoms with Crippen LogP contribution in [0.1, 0.15) is 29.2 Å². The van der Waals surface area contributed by atoms with Crippen LogP contribution < -0.4 is 5.32 Å². The van der Waals surface area contributed by atoms with Gasteiger partial charge in [-0.1, -0.05) is 19.1 Å². The zero-order chi connectivity index (χ0) is 9.54. The third-order valence-corrected chi connectivity index (χ3v) is 3.39. The summed E-state index contributed by atoms with van der Waals surface area (Å²) >= 11 is 0. The molecule has 2 heterocycles. The first kappa shape index (κ1) is 8.45. The van der Waals surface area contributed by atoms with Gasteiger partial charge in [0.15, 0.2) is 0 Å². The van der Waals surface area contributed by atoms with Crippen molar-refractivity contribution in [3.63, 3.8) is 0 Å². The zero-order valence-corrected chi connectivity index (χ0v) is 8.64. The molecule has 0 aromatic heterocycles. The Kier molecular flexibility index (Phi) is 1.85. The van der Waals surface area contributed by atoms with Crippen LogP contribution in [0.3, 0.4) is 0 Å². The molecule has 2 heteroatoms. The van der Waals surface area contributed by atoms with E-state index in [1.807, 2.05) is 0 Å². The normalized spacial score (nSPS) is 19.8. The lowest BCUT2D eigenvalue weighted by molar-refractivity contribution is 0.301. The molecule has 2 aliphatic heterocycles. The molecule has 14 heavy (non-hydrogen) atoms. The van der Waals surface area contributed by atoms with Gasteiger partial charge >= 0.3 is 0 Å². The molecule has 1 aromatic rings. The molecule has 0 unspecified atom stereocenters. The van der Waals surface area contributed by atoms with Gasteiger partial charge in [-0.25, -0.2) is 0 Å². The van der Waals surface area contributed by atoms with Gasteiger partial charge < -0.3 is 5.32 Å². The Labute approximate surface area is 84.9 Å². The summed E-state index contributed by atoms with van der Waals surface area (Å²) < 4.78 is 0. The Morgan fingerprint density at radius 1 is 1.07 bits per heavy atom. The molecule has 0 amide bonds. The van der Waals surface area contributed by atoms with E-state index in [0.29, 0.717) is 0 Å². The van der Waals surface area contributed by atoms with Gasteiger partial charge in [-0.05, 0) is 28.8 Å². The Morgan fingerprint density at radius 2 is 1.64 bits per heavy atom. The minimum absolute atomic E-state index is 1.06. The lowest BCUT2D eigenvalue weighted by Crippen LogP contribution is -2.14. The molecule has 1 N–H and O–H groups in total. The maximum absolute atomic E-state index is 3.40. The van der Waals surface area contributed by atoms with Crippen LogP contribution in [-0.2, 0) is 26.2 Å². The van der Waals surface area contributed by atoms with Gasteiger partial charge in [-0.2, -0.15) is 0 Å². The fraction of sp³-hybridized carbons (Fsp3) is 0.500. The fourth-order valence-electron chi connectivity index (χ4n) is 2.51. The highest BCUT2D eigenvalue weighted by Gasteiger charge is 2.21. The summed E-state index contributed by atoms with van der Waals surface area (Å²) in [7, 11) is 0. The Morgan fingerprint density at radius 3 is 2.14 bits per heavy atom. The summed E-state index contributed by atoms with van der Waals surface area (Å²) in [6.45, 7) is 7.83. The average molecular weight is 188 g/mol. The van der Waals surface area contributed by atoms with Crippen LogP contribution in [0, 0.1) is 0 Å². The molecule has 2 aliphatic rings. The predicted octanol–water partition coefficient (Wildman–Crippen LogP) is 1.63. The molecular weight excluding hydrogens is 172 g/mol. The maximum Gasteiger partial charge on any atom is 0.0240 e. The van der Waals surface area contributed by atoms with Gasteiger partial charge in [-0.3, -0.25) is 4.90 Å². The highest BCUT2D eigenvalue weighted by atomic mass is 15.1. The van der Waals surface area contributed by atoms with Crippen molar-refractivity contribution in [2.24, 2.45) is 0 Å². The van der Waals surface area contributed by atoms with Crippen molar-refractivity contribution in [1.29, 1.82) is 0 Å². The van der Waals surface area contributed by atoms with E-state index in [-0.39, 0.29) is 0 Å². The second-order valence-electron chi connectivity index (χ2n) is 4.30. The molecule has 0 bridgehead atoms. The summed E-state index contributed by atoms with van der Waals surface area (Å²) in [5.74, 6) is 0. The summed E-state index contributed by atoms with van der Waals surface area (Å²) in [4.78, 5) is 2.49. The zero-order valence-electron chi connectivity index (χ0n) is 8.64. The predicted molar refractivity (Wildman–Crippen MR) is 56.8 cm³/mol. The number of fused-ring (bicyclic) bond motifs is 2. The van der Waals surface area contributed by atoms with Crippen molar-refractivity contribution >= 4 is 0 Å². The number of hydrogen-bond acceptors (Lipinski definition) is 2. The van der Waals surface area contributed by atoms with E-state index in [1.165, 1.54) is 11.1 Å². The second kappa shape index (κ2) is 3.07. The monoisotopic (exact) mass is 188 g/mol. The molecule has 0 atom stereocenters. The van der Waals surface area contributed by atoms with Crippen molar-refractivity contribution in [2.75, 3.05) is 6.54 Å². The molecule has 3 rings (SSSR count). The number of nitrogens with one attached hydrogen (secondary N) is 1. The quantitative estimate of drug-likeness (QED) is 0.720. The molecular formula is C12H16N2. The number of hydrogen-bond donors (Lipinski definition) is 1. The van der Waals surface area contributed by atoms with E-state index < -0.39 is 0 Å². The van der Waals surface area contributed by atoms with Crippen molar-refractivity contribution in [1.82, 2.24) is 10.2 Å². The minimum atomic E-state index is 1.06. The van der Waals surface area contributed by atoms with Crippen LogP contribution in [0.4, 0.5) is 0 Å². The lowest BCUT2D eigenvalue weighted by atomic mass is 10.0.